The van der Waals surface area contributed by atoms with Crippen LogP contribution in [-0.2, 0) is 0 Å². The number of carbonyl (C=O) groups excluding carboxylic acids is 3. The van der Waals surface area contributed by atoms with E-state index in [1.807, 2.05) is 13.8 Å². The second-order valence-electron chi connectivity index (χ2n) is 4.97. The number of rotatable bonds is 2. The molecule has 0 saturated carbocycles. The average molecular weight is 296 g/mol. The van der Waals surface area contributed by atoms with Crippen molar-refractivity contribution in [1.82, 2.24) is 10.6 Å². The van der Waals surface area contributed by atoms with Crippen molar-refractivity contribution in [2.24, 2.45) is 0 Å². The van der Waals surface area contributed by atoms with Crippen LogP contribution in [0.5, 0.6) is 0 Å². The van der Waals surface area contributed by atoms with Gasteiger partial charge in [-0.05, 0) is 38.1 Å². The topological polar surface area (TPSA) is 75.3 Å². The molecule has 0 aromatic heterocycles. The van der Waals surface area contributed by atoms with Gasteiger partial charge in [0.1, 0.15) is 0 Å². The number of nitrogens with one attached hydrogen (secondary N) is 2. The van der Waals surface area contributed by atoms with Gasteiger partial charge in [0.2, 0.25) is 0 Å². The van der Waals surface area contributed by atoms with Gasteiger partial charge in [-0.25, -0.2) is 4.79 Å². The molecule has 0 heterocycles. The molecule has 0 spiro atoms. The summed E-state index contributed by atoms with van der Waals surface area (Å²) in [5.41, 5.74) is 2.72. The molecular formula is C17H16N2O3. The summed E-state index contributed by atoms with van der Waals surface area (Å²) in [5, 5.41) is 4.24. The zero-order valence-corrected chi connectivity index (χ0v) is 12.3. The van der Waals surface area contributed by atoms with Gasteiger partial charge in [0.15, 0.2) is 0 Å². The summed E-state index contributed by atoms with van der Waals surface area (Å²) in [6.07, 6.45) is 0. The Balaban J connectivity index is 1.95. The lowest BCUT2D eigenvalue weighted by atomic mass is 10.1. The van der Waals surface area contributed by atoms with E-state index in [0.29, 0.717) is 11.1 Å². The molecule has 0 aliphatic heterocycles. The molecule has 2 aromatic carbocycles. The molecule has 2 rings (SSSR count). The van der Waals surface area contributed by atoms with Gasteiger partial charge in [-0.1, -0.05) is 35.4 Å². The van der Waals surface area contributed by atoms with E-state index in [2.05, 4.69) is 10.6 Å². The van der Waals surface area contributed by atoms with Crippen LogP contribution in [0.25, 0.3) is 0 Å². The quantitative estimate of drug-likeness (QED) is 0.894. The van der Waals surface area contributed by atoms with E-state index in [1.165, 1.54) is 0 Å². The SMILES string of the molecule is Cc1ccc(C(=O)NC(=O)NC(=O)c2ccc(C)cc2)cc1. The standard InChI is InChI=1S/C17H16N2O3/c1-11-3-7-13(8-4-11)15(20)18-17(22)19-16(21)14-9-5-12(2)6-10-14/h3-10H,1-2H3,(H2,18,19,20,21,22). The second-order valence-corrected chi connectivity index (χ2v) is 4.97. The highest BCUT2D eigenvalue weighted by molar-refractivity contribution is 6.11. The van der Waals surface area contributed by atoms with Gasteiger partial charge < -0.3 is 0 Å². The second kappa shape index (κ2) is 6.67. The van der Waals surface area contributed by atoms with Crippen LogP contribution >= 0.6 is 0 Å². The Kier molecular flexibility index (Phi) is 4.68. The van der Waals surface area contributed by atoms with Crippen molar-refractivity contribution in [1.29, 1.82) is 0 Å². The maximum Gasteiger partial charge on any atom is 0.328 e. The molecular weight excluding hydrogens is 280 g/mol. The molecule has 2 N–H and O–H groups in total. The maximum absolute atomic E-state index is 11.8. The number of hydrogen-bond donors (Lipinski definition) is 2. The molecule has 0 radical (unpaired) electrons. The van der Waals surface area contributed by atoms with Gasteiger partial charge in [0.25, 0.3) is 11.8 Å². The number of benzene rings is 2. The van der Waals surface area contributed by atoms with Gasteiger partial charge in [0, 0.05) is 11.1 Å². The van der Waals surface area contributed by atoms with Gasteiger partial charge in [0.05, 0.1) is 0 Å². The zero-order chi connectivity index (χ0) is 16.1. The molecule has 5 nitrogen and oxygen atoms in total. The summed E-state index contributed by atoms with van der Waals surface area (Å²) in [5.74, 6) is -1.12. The average Bonchev–Trinajstić information content (AvgIpc) is 2.48. The molecule has 4 amide bonds. The third-order valence-electron chi connectivity index (χ3n) is 3.08. The van der Waals surface area contributed by atoms with Crippen molar-refractivity contribution in [2.75, 3.05) is 0 Å². The van der Waals surface area contributed by atoms with Crippen LogP contribution in [0.3, 0.4) is 0 Å². The van der Waals surface area contributed by atoms with Crippen LogP contribution in [0, 0.1) is 13.8 Å². The van der Waals surface area contributed by atoms with Crippen LogP contribution in [0.4, 0.5) is 4.79 Å². The minimum atomic E-state index is -0.851. The summed E-state index contributed by atoms with van der Waals surface area (Å²) in [4.78, 5) is 35.4. The normalized spacial score (nSPS) is 9.91. The fourth-order valence-electron chi connectivity index (χ4n) is 1.79. The Morgan fingerprint density at radius 1 is 0.636 bits per heavy atom. The first-order chi connectivity index (χ1) is 10.5. The van der Waals surface area contributed by atoms with E-state index in [1.54, 1.807) is 48.5 Å². The molecule has 112 valence electrons. The molecule has 0 unspecified atom stereocenters. The van der Waals surface area contributed by atoms with Crippen LogP contribution < -0.4 is 10.6 Å². The summed E-state index contributed by atoms with van der Waals surface area (Å²) >= 11 is 0. The van der Waals surface area contributed by atoms with Crippen LogP contribution in [0.1, 0.15) is 31.8 Å². The van der Waals surface area contributed by atoms with E-state index < -0.39 is 17.8 Å². The molecule has 22 heavy (non-hydrogen) atoms. The number of amides is 4. The van der Waals surface area contributed by atoms with E-state index >= 15 is 0 Å². The largest absolute Gasteiger partial charge is 0.328 e. The Morgan fingerprint density at radius 3 is 1.27 bits per heavy atom. The van der Waals surface area contributed by atoms with Crippen molar-refractivity contribution in [2.45, 2.75) is 13.8 Å². The first kappa shape index (κ1) is 15.4. The first-order valence-corrected chi connectivity index (χ1v) is 6.76. The highest BCUT2D eigenvalue weighted by atomic mass is 16.2. The highest BCUT2D eigenvalue weighted by Crippen LogP contribution is 2.04. The van der Waals surface area contributed by atoms with Crippen molar-refractivity contribution >= 4 is 17.8 Å². The lowest BCUT2D eigenvalue weighted by molar-refractivity contribution is 0.0945. The number of carbonyl (C=O) groups is 3. The lowest BCUT2D eigenvalue weighted by Gasteiger charge is -2.06. The Hall–Kier alpha value is -2.95. The van der Waals surface area contributed by atoms with E-state index in [4.69, 9.17) is 0 Å². The summed E-state index contributed by atoms with van der Waals surface area (Å²) in [7, 11) is 0. The summed E-state index contributed by atoms with van der Waals surface area (Å²) < 4.78 is 0. The third-order valence-corrected chi connectivity index (χ3v) is 3.08. The summed E-state index contributed by atoms with van der Waals surface area (Å²) in [6.45, 7) is 3.79. The van der Waals surface area contributed by atoms with E-state index in [9.17, 15) is 14.4 Å². The van der Waals surface area contributed by atoms with E-state index in [-0.39, 0.29) is 0 Å². The van der Waals surface area contributed by atoms with Crippen molar-refractivity contribution in [3.8, 4) is 0 Å². The van der Waals surface area contributed by atoms with E-state index in [0.717, 1.165) is 11.1 Å². The Labute approximate surface area is 128 Å². The third kappa shape index (κ3) is 4.02. The fourth-order valence-corrected chi connectivity index (χ4v) is 1.79. The van der Waals surface area contributed by atoms with Crippen molar-refractivity contribution in [3.63, 3.8) is 0 Å². The molecule has 0 bridgehead atoms. The number of imide groups is 2. The fraction of sp³-hybridized carbons (Fsp3) is 0.118. The van der Waals surface area contributed by atoms with Gasteiger partial charge in [-0.15, -0.1) is 0 Å². The molecule has 0 fully saturated rings. The molecule has 0 saturated heterocycles. The Bertz CT molecular complexity index is 642. The molecule has 0 aliphatic carbocycles. The maximum atomic E-state index is 11.8. The van der Waals surface area contributed by atoms with Crippen LogP contribution in [0.2, 0.25) is 0 Å². The molecule has 0 atom stereocenters. The Morgan fingerprint density at radius 2 is 0.955 bits per heavy atom. The molecule has 0 aliphatic rings. The lowest BCUT2D eigenvalue weighted by Crippen LogP contribution is -2.42. The highest BCUT2D eigenvalue weighted by Gasteiger charge is 2.13. The summed E-state index contributed by atoms with van der Waals surface area (Å²) in [6, 6.07) is 12.7. The van der Waals surface area contributed by atoms with Crippen LogP contribution in [0.15, 0.2) is 48.5 Å². The number of urea groups is 1. The minimum Gasteiger partial charge on any atom is -0.274 e. The van der Waals surface area contributed by atoms with Gasteiger partial charge in [-0.3, -0.25) is 20.2 Å². The van der Waals surface area contributed by atoms with Gasteiger partial charge in [-0.2, -0.15) is 0 Å². The molecule has 5 heteroatoms. The number of aryl methyl sites for hydroxylation is 2. The van der Waals surface area contributed by atoms with Crippen LogP contribution in [-0.4, -0.2) is 17.8 Å². The predicted octanol–water partition coefficient (Wildman–Crippen LogP) is 2.58. The monoisotopic (exact) mass is 296 g/mol. The van der Waals surface area contributed by atoms with Crippen molar-refractivity contribution in [3.05, 3.63) is 70.8 Å². The van der Waals surface area contributed by atoms with Crippen molar-refractivity contribution < 1.29 is 14.4 Å². The number of hydrogen-bond acceptors (Lipinski definition) is 3. The predicted molar refractivity (Wildman–Crippen MR) is 82.7 cm³/mol. The van der Waals surface area contributed by atoms with Gasteiger partial charge >= 0.3 is 6.03 Å². The molecule has 2 aromatic rings. The zero-order valence-electron chi connectivity index (χ0n) is 12.3. The smallest absolute Gasteiger partial charge is 0.274 e. The first-order valence-electron chi connectivity index (χ1n) is 6.76. The minimum absolute atomic E-state index is 0.350.